The molecule has 0 saturated carbocycles. The highest BCUT2D eigenvalue weighted by atomic mass is 32.1. The van der Waals surface area contributed by atoms with Crippen molar-refractivity contribution >= 4 is 33.6 Å². The molecule has 1 aromatic carbocycles. The molecule has 2 aromatic heterocycles. The third kappa shape index (κ3) is 2.44. The lowest BCUT2D eigenvalue weighted by molar-refractivity contribution is -0.384. The van der Waals surface area contributed by atoms with Crippen molar-refractivity contribution in [2.24, 2.45) is 0 Å². The van der Waals surface area contributed by atoms with Crippen molar-refractivity contribution in [3.8, 4) is 0 Å². The Kier molecular flexibility index (Phi) is 3.39. The summed E-state index contributed by atoms with van der Waals surface area (Å²) in [6.45, 7) is 0. The molecule has 0 atom stereocenters. The molecule has 1 N–H and O–H groups in total. The molecular weight excluding hydrogens is 308 g/mol. The first-order valence-corrected chi connectivity index (χ1v) is 6.95. The van der Waals surface area contributed by atoms with E-state index in [2.05, 4.69) is 10.3 Å². The molecule has 110 valence electrons. The lowest BCUT2D eigenvalue weighted by atomic mass is 10.2. The fourth-order valence-electron chi connectivity index (χ4n) is 1.88. The van der Waals surface area contributed by atoms with Gasteiger partial charge in [-0.05, 0) is 6.07 Å². The van der Waals surface area contributed by atoms with E-state index in [0.29, 0.717) is 4.96 Å². The minimum atomic E-state index is -0.668. The number of hydrogen-bond donors (Lipinski definition) is 1. The van der Waals surface area contributed by atoms with Crippen molar-refractivity contribution in [3.05, 3.63) is 68.1 Å². The summed E-state index contributed by atoms with van der Waals surface area (Å²) in [5.74, 6) is -0.668. The van der Waals surface area contributed by atoms with Gasteiger partial charge in [-0.15, -0.1) is 11.3 Å². The monoisotopic (exact) mass is 316 g/mol. The predicted octanol–water partition coefficient (Wildman–Crippen LogP) is 1.92. The Hall–Kier alpha value is -3.07. The molecule has 0 radical (unpaired) electrons. The quantitative estimate of drug-likeness (QED) is 0.587. The van der Waals surface area contributed by atoms with Crippen LogP contribution in [0.4, 0.5) is 11.4 Å². The number of hydrogen-bond acceptors (Lipinski definition) is 6. The van der Waals surface area contributed by atoms with Crippen LogP contribution in [-0.2, 0) is 0 Å². The molecule has 0 bridgehead atoms. The molecule has 8 nitrogen and oxygen atoms in total. The van der Waals surface area contributed by atoms with Gasteiger partial charge in [0.1, 0.15) is 5.56 Å². The van der Waals surface area contributed by atoms with E-state index in [1.54, 1.807) is 5.38 Å². The second kappa shape index (κ2) is 5.37. The second-order valence-corrected chi connectivity index (χ2v) is 5.17. The van der Waals surface area contributed by atoms with E-state index in [1.807, 2.05) is 0 Å². The lowest BCUT2D eigenvalue weighted by Gasteiger charge is -2.04. The Morgan fingerprint density at radius 2 is 2.23 bits per heavy atom. The SMILES string of the molecule is O=C(Nc1cccc([N+](=O)[O-])c1)c1cnc2sccn2c1=O. The average Bonchev–Trinajstić information content (AvgIpc) is 2.97. The lowest BCUT2D eigenvalue weighted by Crippen LogP contribution is -2.25. The summed E-state index contributed by atoms with van der Waals surface area (Å²) in [6.07, 6.45) is 2.72. The van der Waals surface area contributed by atoms with Gasteiger partial charge in [0.25, 0.3) is 17.2 Å². The molecule has 0 saturated heterocycles. The van der Waals surface area contributed by atoms with Gasteiger partial charge in [-0.1, -0.05) is 6.07 Å². The number of non-ortho nitro benzene ring substituents is 1. The minimum Gasteiger partial charge on any atom is -0.322 e. The van der Waals surface area contributed by atoms with Gasteiger partial charge >= 0.3 is 0 Å². The number of nitrogens with zero attached hydrogens (tertiary/aromatic N) is 3. The molecule has 3 rings (SSSR count). The number of aromatic nitrogens is 2. The standard InChI is InChI=1S/C13H8N4O4S/c18-11(15-8-2-1-3-9(6-8)17(20)21)10-7-14-13-16(12(10)19)4-5-22-13/h1-7H,(H,15,18). The Labute approximate surface area is 126 Å². The number of fused-ring (bicyclic) bond motifs is 1. The highest BCUT2D eigenvalue weighted by molar-refractivity contribution is 7.15. The molecule has 2 heterocycles. The van der Waals surface area contributed by atoms with Crippen molar-refractivity contribution < 1.29 is 9.72 Å². The van der Waals surface area contributed by atoms with E-state index in [-0.39, 0.29) is 16.9 Å². The summed E-state index contributed by atoms with van der Waals surface area (Å²) in [4.78, 5) is 39.0. The Bertz CT molecular complexity index is 946. The Balaban J connectivity index is 1.93. The smallest absolute Gasteiger partial charge is 0.271 e. The van der Waals surface area contributed by atoms with Crippen LogP contribution < -0.4 is 10.9 Å². The topological polar surface area (TPSA) is 107 Å². The van der Waals surface area contributed by atoms with Crippen LogP contribution in [0.1, 0.15) is 10.4 Å². The molecule has 3 aromatic rings. The molecule has 9 heteroatoms. The van der Waals surface area contributed by atoms with Crippen LogP contribution >= 0.6 is 11.3 Å². The van der Waals surface area contributed by atoms with Gasteiger partial charge in [0.2, 0.25) is 0 Å². The van der Waals surface area contributed by atoms with Crippen molar-refractivity contribution in [2.45, 2.75) is 0 Å². The van der Waals surface area contributed by atoms with Crippen molar-refractivity contribution in [2.75, 3.05) is 5.32 Å². The molecule has 0 aliphatic rings. The first kappa shape index (κ1) is 13.9. The molecule has 22 heavy (non-hydrogen) atoms. The zero-order valence-corrected chi connectivity index (χ0v) is 11.7. The Morgan fingerprint density at radius 1 is 1.41 bits per heavy atom. The average molecular weight is 316 g/mol. The van der Waals surface area contributed by atoms with Crippen LogP contribution in [-0.4, -0.2) is 20.2 Å². The molecule has 0 unspecified atom stereocenters. The van der Waals surface area contributed by atoms with Crippen LogP contribution in [0.2, 0.25) is 0 Å². The summed E-state index contributed by atoms with van der Waals surface area (Å²) in [6, 6.07) is 5.47. The van der Waals surface area contributed by atoms with E-state index in [0.717, 1.165) is 0 Å². The summed E-state index contributed by atoms with van der Waals surface area (Å²) in [7, 11) is 0. The van der Waals surface area contributed by atoms with E-state index in [1.165, 1.54) is 52.4 Å². The fourth-order valence-corrected chi connectivity index (χ4v) is 2.55. The number of amides is 1. The number of nitro groups is 1. The molecule has 0 spiro atoms. The summed E-state index contributed by atoms with van der Waals surface area (Å²) < 4.78 is 1.27. The number of benzene rings is 1. The third-order valence-corrected chi connectivity index (χ3v) is 3.67. The zero-order chi connectivity index (χ0) is 15.7. The first-order chi connectivity index (χ1) is 10.6. The highest BCUT2D eigenvalue weighted by Crippen LogP contribution is 2.17. The van der Waals surface area contributed by atoms with Crippen LogP contribution in [0.25, 0.3) is 4.96 Å². The van der Waals surface area contributed by atoms with E-state index < -0.39 is 16.4 Å². The van der Waals surface area contributed by atoms with Gasteiger partial charge in [-0.3, -0.25) is 24.1 Å². The summed E-state index contributed by atoms with van der Waals surface area (Å²) in [5.41, 5.74) is -0.550. The van der Waals surface area contributed by atoms with Crippen LogP contribution in [0.3, 0.4) is 0 Å². The molecular formula is C13H8N4O4S. The third-order valence-electron chi connectivity index (χ3n) is 2.90. The first-order valence-electron chi connectivity index (χ1n) is 6.07. The van der Waals surface area contributed by atoms with E-state index in [9.17, 15) is 19.7 Å². The molecule has 0 aliphatic heterocycles. The Morgan fingerprint density at radius 3 is 3.00 bits per heavy atom. The second-order valence-electron chi connectivity index (χ2n) is 4.29. The van der Waals surface area contributed by atoms with Crippen LogP contribution in [0.15, 0.2) is 46.8 Å². The van der Waals surface area contributed by atoms with Gasteiger partial charge in [0.15, 0.2) is 4.96 Å². The fraction of sp³-hybridized carbons (Fsp3) is 0. The van der Waals surface area contributed by atoms with Crippen molar-refractivity contribution in [1.82, 2.24) is 9.38 Å². The maximum Gasteiger partial charge on any atom is 0.271 e. The van der Waals surface area contributed by atoms with Gasteiger partial charge in [-0.2, -0.15) is 0 Å². The zero-order valence-electron chi connectivity index (χ0n) is 10.9. The molecule has 0 fully saturated rings. The van der Waals surface area contributed by atoms with Crippen LogP contribution in [0, 0.1) is 10.1 Å². The van der Waals surface area contributed by atoms with Crippen molar-refractivity contribution in [3.63, 3.8) is 0 Å². The number of thiazole rings is 1. The van der Waals surface area contributed by atoms with Crippen LogP contribution in [0.5, 0.6) is 0 Å². The minimum absolute atomic E-state index is 0.137. The number of rotatable bonds is 3. The largest absolute Gasteiger partial charge is 0.322 e. The molecule has 1 amide bonds. The predicted molar refractivity (Wildman–Crippen MR) is 80.4 cm³/mol. The maximum atomic E-state index is 12.2. The normalized spacial score (nSPS) is 10.5. The van der Waals surface area contributed by atoms with Gasteiger partial charge in [0, 0.05) is 35.6 Å². The van der Waals surface area contributed by atoms with Gasteiger partial charge in [-0.25, -0.2) is 4.98 Å². The van der Waals surface area contributed by atoms with Crippen molar-refractivity contribution in [1.29, 1.82) is 0 Å². The highest BCUT2D eigenvalue weighted by Gasteiger charge is 2.15. The van der Waals surface area contributed by atoms with Gasteiger partial charge in [0.05, 0.1) is 4.92 Å². The van der Waals surface area contributed by atoms with Gasteiger partial charge < -0.3 is 5.32 Å². The summed E-state index contributed by atoms with van der Waals surface area (Å²) in [5, 5.41) is 14.9. The van der Waals surface area contributed by atoms with E-state index >= 15 is 0 Å². The summed E-state index contributed by atoms with van der Waals surface area (Å²) >= 11 is 1.28. The molecule has 0 aliphatic carbocycles. The number of nitro benzene ring substituents is 1. The maximum absolute atomic E-state index is 12.2. The number of carbonyl (C=O) groups is 1. The van der Waals surface area contributed by atoms with E-state index in [4.69, 9.17) is 0 Å². The number of anilines is 1. The number of nitrogens with one attached hydrogen (secondary N) is 1. The number of carbonyl (C=O) groups excluding carboxylic acids is 1.